The van der Waals surface area contributed by atoms with E-state index in [1.165, 1.54) is 11.1 Å². The molecular weight excluding hydrogens is 336 g/mol. The lowest BCUT2D eigenvalue weighted by molar-refractivity contribution is -0.123. The lowest BCUT2D eigenvalue weighted by Gasteiger charge is -2.38. The molecule has 27 heavy (non-hydrogen) atoms. The Hall–Kier alpha value is -3.21. The highest BCUT2D eigenvalue weighted by molar-refractivity contribution is 5.88. The molecule has 0 saturated heterocycles. The highest BCUT2D eigenvalue weighted by atomic mass is 16.1. The number of nitrogens with one attached hydrogen (secondary N) is 1. The third-order valence-electron chi connectivity index (χ3n) is 5.62. The van der Waals surface area contributed by atoms with E-state index in [-0.39, 0.29) is 23.7 Å². The van der Waals surface area contributed by atoms with E-state index in [0.29, 0.717) is 12.4 Å². The van der Waals surface area contributed by atoms with Gasteiger partial charge in [-0.15, -0.1) is 0 Å². The van der Waals surface area contributed by atoms with Crippen molar-refractivity contribution >= 4 is 11.7 Å². The van der Waals surface area contributed by atoms with E-state index < -0.39 is 0 Å². The quantitative estimate of drug-likeness (QED) is 0.757. The third-order valence-corrected chi connectivity index (χ3v) is 5.62. The minimum atomic E-state index is -0.262. The van der Waals surface area contributed by atoms with E-state index in [9.17, 15) is 4.79 Å². The average Bonchev–Trinajstić information content (AvgIpc) is 3.15. The summed E-state index contributed by atoms with van der Waals surface area (Å²) in [5.41, 5.74) is 4.43. The number of ketones is 1. The van der Waals surface area contributed by atoms with Crippen LogP contribution >= 0.6 is 0 Å². The average molecular weight is 356 g/mol. The highest BCUT2D eigenvalue weighted by Crippen LogP contribution is 2.44. The lowest BCUT2D eigenvalue weighted by atomic mass is 9.75. The van der Waals surface area contributed by atoms with Gasteiger partial charge in [0.1, 0.15) is 12.1 Å². The first-order chi connectivity index (χ1) is 13.2. The summed E-state index contributed by atoms with van der Waals surface area (Å²) in [6, 6.07) is 18.2. The molecule has 2 heterocycles. The number of aromatic nitrogens is 3. The van der Waals surface area contributed by atoms with Crippen molar-refractivity contribution in [2.75, 3.05) is 5.32 Å². The molecule has 3 atom stereocenters. The van der Waals surface area contributed by atoms with Gasteiger partial charge in [-0.1, -0.05) is 60.7 Å². The summed E-state index contributed by atoms with van der Waals surface area (Å²) < 4.78 is 1.84. The monoisotopic (exact) mass is 356 g/mol. The van der Waals surface area contributed by atoms with Gasteiger partial charge in [-0.05, 0) is 23.6 Å². The minimum Gasteiger partial charge on any atom is -0.328 e. The molecule has 0 unspecified atom stereocenters. The van der Waals surface area contributed by atoms with Gasteiger partial charge in [0, 0.05) is 18.0 Å². The topological polar surface area (TPSA) is 59.8 Å². The molecule has 1 aliphatic heterocycles. The first kappa shape index (κ1) is 16.0. The van der Waals surface area contributed by atoms with Gasteiger partial charge < -0.3 is 5.32 Å². The predicted octanol–water partition coefficient (Wildman–Crippen LogP) is 3.86. The Morgan fingerprint density at radius 2 is 1.85 bits per heavy atom. The molecule has 1 aromatic heterocycles. The fraction of sp³-hybridized carbons (Fsp3) is 0.227. The largest absolute Gasteiger partial charge is 0.328 e. The van der Waals surface area contributed by atoms with E-state index in [2.05, 4.69) is 52.7 Å². The summed E-state index contributed by atoms with van der Waals surface area (Å²) in [6.07, 6.45) is 4.26. The van der Waals surface area contributed by atoms with Crippen molar-refractivity contribution in [1.82, 2.24) is 14.8 Å². The predicted molar refractivity (Wildman–Crippen MR) is 103 cm³/mol. The number of carbonyl (C=O) groups is 1. The lowest BCUT2D eigenvalue weighted by Crippen LogP contribution is -2.40. The molecule has 5 heteroatoms. The Bertz CT molecular complexity index is 1040. The molecule has 2 aromatic carbocycles. The Balaban J connectivity index is 1.63. The first-order valence-electron chi connectivity index (χ1n) is 9.24. The van der Waals surface area contributed by atoms with Crippen LogP contribution in [-0.2, 0) is 4.79 Å². The van der Waals surface area contributed by atoms with E-state index in [0.717, 1.165) is 11.3 Å². The standard InChI is InChI=1S/C22H20N4O/c1-14-7-5-6-10-17(14)16-11-18-20(19(27)12-16)21(15-8-3-2-4-9-15)26-22(25-18)23-13-24-26/h2-11,13,16,20-21H,12H2,1H3,(H,23,24,25)/t16-,20+,21+/m0/s1. The van der Waals surface area contributed by atoms with Crippen molar-refractivity contribution in [3.63, 3.8) is 0 Å². The van der Waals surface area contributed by atoms with Crippen LogP contribution in [0.2, 0.25) is 0 Å². The SMILES string of the molecule is Cc1ccccc1[C@H]1C=C2Nc3ncnn3[C@H](c3ccccc3)[C@H]2C(=O)C1. The number of Topliss-reactive ketones (excluding diaryl/α,β-unsaturated/α-hetero) is 1. The number of anilines is 1. The number of fused-ring (bicyclic) bond motifs is 2. The maximum atomic E-state index is 13.3. The van der Waals surface area contributed by atoms with Gasteiger partial charge in [-0.2, -0.15) is 10.1 Å². The number of hydrogen-bond donors (Lipinski definition) is 1. The van der Waals surface area contributed by atoms with Crippen molar-refractivity contribution in [3.05, 3.63) is 89.4 Å². The summed E-state index contributed by atoms with van der Waals surface area (Å²) in [7, 11) is 0. The van der Waals surface area contributed by atoms with Crippen molar-refractivity contribution in [3.8, 4) is 0 Å². The zero-order valence-corrected chi connectivity index (χ0v) is 15.0. The molecule has 1 aliphatic carbocycles. The summed E-state index contributed by atoms with van der Waals surface area (Å²) in [5, 5.41) is 7.75. The Morgan fingerprint density at radius 1 is 1.07 bits per heavy atom. The summed E-state index contributed by atoms with van der Waals surface area (Å²) in [6.45, 7) is 2.10. The van der Waals surface area contributed by atoms with Crippen LogP contribution < -0.4 is 5.32 Å². The Morgan fingerprint density at radius 3 is 2.67 bits per heavy atom. The summed E-state index contributed by atoms with van der Waals surface area (Å²) >= 11 is 0. The number of carbonyl (C=O) groups excluding carboxylic acids is 1. The minimum absolute atomic E-state index is 0.0864. The summed E-state index contributed by atoms with van der Waals surface area (Å²) in [4.78, 5) is 17.6. The van der Waals surface area contributed by atoms with Crippen LogP contribution in [-0.4, -0.2) is 20.5 Å². The number of aryl methyl sites for hydroxylation is 1. The molecule has 3 aromatic rings. The van der Waals surface area contributed by atoms with Crippen LogP contribution in [0, 0.1) is 12.8 Å². The van der Waals surface area contributed by atoms with Crippen LogP contribution in [0.1, 0.15) is 35.1 Å². The molecule has 0 fully saturated rings. The molecule has 2 aliphatic rings. The van der Waals surface area contributed by atoms with Gasteiger partial charge in [0.25, 0.3) is 0 Å². The number of rotatable bonds is 2. The smallest absolute Gasteiger partial charge is 0.226 e. The number of nitrogens with zero attached hydrogens (tertiary/aromatic N) is 3. The van der Waals surface area contributed by atoms with Crippen LogP contribution in [0.4, 0.5) is 5.95 Å². The van der Waals surface area contributed by atoms with Gasteiger partial charge >= 0.3 is 0 Å². The first-order valence-corrected chi connectivity index (χ1v) is 9.24. The molecule has 0 radical (unpaired) electrons. The molecule has 5 rings (SSSR count). The van der Waals surface area contributed by atoms with Gasteiger partial charge in [0.2, 0.25) is 5.95 Å². The van der Waals surface area contributed by atoms with E-state index in [1.54, 1.807) is 6.33 Å². The van der Waals surface area contributed by atoms with E-state index >= 15 is 0 Å². The maximum Gasteiger partial charge on any atom is 0.226 e. The van der Waals surface area contributed by atoms with Gasteiger partial charge in [0.05, 0.1) is 12.0 Å². The molecule has 0 amide bonds. The number of allylic oxidation sites excluding steroid dienone is 2. The van der Waals surface area contributed by atoms with Crippen molar-refractivity contribution in [1.29, 1.82) is 0 Å². The number of benzene rings is 2. The summed E-state index contributed by atoms with van der Waals surface area (Å²) in [5.74, 6) is 0.748. The van der Waals surface area contributed by atoms with Gasteiger partial charge in [-0.25, -0.2) is 4.68 Å². The molecule has 1 N–H and O–H groups in total. The van der Waals surface area contributed by atoms with Crippen molar-refractivity contribution in [2.24, 2.45) is 5.92 Å². The highest BCUT2D eigenvalue weighted by Gasteiger charge is 2.43. The second kappa shape index (κ2) is 6.20. The Labute approximate surface area is 157 Å². The number of hydrogen-bond acceptors (Lipinski definition) is 4. The molecular formula is C22H20N4O. The van der Waals surface area contributed by atoms with Crippen LogP contribution in [0.3, 0.4) is 0 Å². The van der Waals surface area contributed by atoms with Gasteiger partial charge in [0.15, 0.2) is 0 Å². The molecule has 0 saturated carbocycles. The zero-order valence-electron chi connectivity index (χ0n) is 15.0. The van der Waals surface area contributed by atoms with Gasteiger partial charge in [-0.3, -0.25) is 4.79 Å². The van der Waals surface area contributed by atoms with Crippen molar-refractivity contribution in [2.45, 2.75) is 25.3 Å². The normalized spacial score (nSPS) is 23.8. The molecule has 0 spiro atoms. The van der Waals surface area contributed by atoms with Crippen molar-refractivity contribution < 1.29 is 4.79 Å². The fourth-order valence-corrected chi connectivity index (χ4v) is 4.36. The molecule has 134 valence electrons. The van der Waals surface area contributed by atoms with Crippen LogP contribution in [0.25, 0.3) is 0 Å². The molecule has 0 bridgehead atoms. The van der Waals surface area contributed by atoms with Crippen LogP contribution in [0.5, 0.6) is 0 Å². The van der Waals surface area contributed by atoms with E-state index in [1.807, 2.05) is 35.0 Å². The Kier molecular flexibility index (Phi) is 3.67. The zero-order chi connectivity index (χ0) is 18.4. The fourth-order valence-electron chi connectivity index (χ4n) is 4.36. The van der Waals surface area contributed by atoms with E-state index in [4.69, 9.17) is 0 Å². The van der Waals surface area contributed by atoms with Crippen LogP contribution in [0.15, 0.2) is 72.7 Å². The third kappa shape index (κ3) is 2.58. The maximum absolute atomic E-state index is 13.3. The second-order valence-electron chi connectivity index (χ2n) is 7.24. The molecule has 5 nitrogen and oxygen atoms in total. The second-order valence-corrected chi connectivity index (χ2v) is 7.24.